The third kappa shape index (κ3) is 7.19. The highest BCUT2D eigenvalue weighted by atomic mass is 35.5. The number of rotatable bonds is 10. The molecule has 2 aliphatic rings. The van der Waals surface area contributed by atoms with Crippen LogP contribution in [0.3, 0.4) is 0 Å². The Morgan fingerprint density at radius 2 is 1.73 bits per heavy atom. The number of halogens is 3. The van der Waals surface area contributed by atoms with Crippen molar-refractivity contribution in [1.29, 1.82) is 0 Å². The molecule has 1 N–H and O–H groups in total. The van der Waals surface area contributed by atoms with E-state index in [9.17, 15) is 23.5 Å². The summed E-state index contributed by atoms with van der Waals surface area (Å²) in [5.74, 6) is -1.83. The predicted molar refractivity (Wildman–Crippen MR) is 152 cm³/mol. The van der Waals surface area contributed by atoms with Crippen molar-refractivity contribution >= 4 is 40.6 Å². The molecule has 0 saturated carbocycles. The molecule has 13 heteroatoms. The minimum Gasteiger partial charge on any atom is -0.382 e. The van der Waals surface area contributed by atoms with Gasteiger partial charge in [0.25, 0.3) is 11.1 Å². The number of piperazine rings is 1. The lowest BCUT2D eigenvalue weighted by molar-refractivity contribution is -0.122. The zero-order chi connectivity index (χ0) is 29.0. The Bertz CT molecular complexity index is 1420. The summed E-state index contributed by atoms with van der Waals surface area (Å²) in [6.45, 7) is 3.74. The average molecular weight is 603 g/mol. The van der Waals surface area contributed by atoms with Crippen molar-refractivity contribution in [3.63, 3.8) is 0 Å². The molecule has 0 spiro atoms. The second-order valence-corrected chi connectivity index (χ2v) is 11.5. The molecule has 41 heavy (non-hydrogen) atoms. The van der Waals surface area contributed by atoms with Crippen molar-refractivity contribution in [3.05, 3.63) is 87.8 Å². The first-order valence-corrected chi connectivity index (χ1v) is 14.4. The van der Waals surface area contributed by atoms with Gasteiger partial charge in [0.15, 0.2) is 0 Å². The molecule has 2 amide bonds. The molecule has 1 unspecified atom stereocenters. The highest BCUT2D eigenvalue weighted by molar-refractivity contribution is 8.18. The normalized spacial score (nSPS) is 19.3. The first-order valence-electron chi connectivity index (χ1n) is 13.2. The number of aliphatic hydroxyl groups is 1. The van der Waals surface area contributed by atoms with E-state index in [-0.39, 0.29) is 29.8 Å². The third-order valence-corrected chi connectivity index (χ3v) is 8.33. The molecule has 0 bridgehead atoms. The van der Waals surface area contributed by atoms with E-state index in [1.165, 1.54) is 28.3 Å². The number of aromatic nitrogens is 3. The molecule has 3 aromatic rings. The largest absolute Gasteiger partial charge is 0.382 e. The van der Waals surface area contributed by atoms with E-state index < -0.39 is 17.2 Å². The van der Waals surface area contributed by atoms with E-state index in [0.717, 1.165) is 29.5 Å². The average Bonchev–Trinajstić information content (AvgIpc) is 3.53. The molecule has 3 heterocycles. The van der Waals surface area contributed by atoms with Crippen LogP contribution in [0.5, 0.6) is 0 Å². The second kappa shape index (κ2) is 12.8. The van der Waals surface area contributed by atoms with E-state index in [1.807, 2.05) is 4.90 Å². The number of nitrogens with zero attached hydrogens (tertiary/aromatic N) is 6. The predicted octanol–water partition coefficient (Wildman–Crippen LogP) is 3.84. The van der Waals surface area contributed by atoms with Crippen LogP contribution < -0.4 is 0 Å². The van der Waals surface area contributed by atoms with Gasteiger partial charge in [-0.05, 0) is 54.6 Å². The van der Waals surface area contributed by atoms with Gasteiger partial charge < -0.3 is 10.0 Å². The van der Waals surface area contributed by atoms with Crippen LogP contribution in [0.4, 0.5) is 13.6 Å². The Kier molecular flexibility index (Phi) is 9.15. The monoisotopic (exact) mass is 602 g/mol. The minimum atomic E-state index is -1.65. The zero-order valence-corrected chi connectivity index (χ0v) is 23.7. The molecule has 1 aromatic heterocycles. The molecule has 0 aliphatic carbocycles. The smallest absolute Gasteiger partial charge is 0.293 e. The first-order chi connectivity index (χ1) is 19.7. The highest BCUT2D eigenvalue weighted by Gasteiger charge is 2.37. The summed E-state index contributed by atoms with van der Waals surface area (Å²) in [6.07, 6.45) is 5.10. The third-order valence-electron chi connectivity index (χ3n) is 7.17. The maximum Gasteiger partial charge on any atom is 0.293 e. The minimum absolute atomic E-state index is 0.000807. The second-order valence-electron chi connectivity index (χ2n) is 10.1. The quantitative estimate of drug-likeness (QED) is 0.350. The van der Waals surface area contributed by atoms with Crippen molar-refractivity contribution in [2.75, 3.05) is 45.8 Å². The SMILES string of the molecule is O=C1SC(=Cc2ccc(Cl)cc2)C(=O)N1CCCN1CCN(CC(O)(Cn2cncn2)c2ccc(F)cc2F)CC1. The molecule has 2 fully saturated rings. The number of hydrogen-bond donors (Lipinski definition) is 1. The number of amides is 2. The topological polar surface area (TPSA) is 94.8 Å². The first kappa shape index (κ1) is 29.3. The van der Waals surface area contributed by atoms with Crippen LogP contribution in [0, 0.1) is 11.6 Å². The molecule has 5 rings (SSSR count). The standard InChI is InChI=1S/C28H29ClF2N6O3S/c29-21-4-2-20(3-5-21)14-25-26(38)37(27(39)41-25)9-1-8-34-10-12-35(13-11-34)16-28(40,17-36-19-32-18-33-36)23-7-6-22(30)15-24(23)31/h2-7,14-15,18-19,40H,1,8-13,16-17H2. The van der Waals surface area contributed by atoms with Crippen LogP contribution in [0.1, 0.15) is 17.5 Å². The van der Waals surface area contributed by atoms with Gasteiger partial charge in [-0.1, -0.05) is 29.8 Å². The summed E-state index contributed by atoms with van der Waals surface area (Å²) in [6, 6.07) is 10.2. The Morgan fingerprint density at radius 1 is 1.00 bits per heavy atom. The fourth-order valence-corrected chi connectivity index (χ4v) is 6.06. The number of carbonyl (C=O) groups excluding carboxylic acids is 2. The van der Waals surface area contributed by atoms with E-state index in [0.29, 0.717) is 55.6 Å². The van der Waals surface area contributed by atoms with E-state index in [4.69, 9.17) is 11.6 Å². The van der Waals surface area contributed by atoms with Crippen molar-refractivity contribution in [2.45, 2.75) is 18.6 Å². The zero-order valence-electron chi connectivity index (χ0n) is 22.1. The lowest BCUT2D eigenvalue weighted by Gasteiger charge is -2.39. The Balaban J connectivity index is 1.13. The van der Waals surface area contributed by atoms with Crippen molar-refractivity contribution in [3.8, 4) is 0 Å². The van der Waals surface area contributed by atoms with Gasteiger partial charge in [-0.2, -0.15) is 5.10 Å². The molecule has 2 aliphatic heterocycles. The van der Waals surface area contributed by atoms with E-state index in [2.05, 4.69) is 15.0 Å². The van der Waals surface area contributed by atoms with Crippen molar-refractivity contribution < 1.29 is 23.5 Å². The number of thioether (sulfide) groups is 1. The lowest BCUT2D eigenvalue weighted by Crippen LogP contribution is -2.52. The summed E-state index contributed by atoms with van der Waals surface area (Å²) < 4.78 is 29.7. The molecule has 1 atom stereocenters. The molecule has 9 nitrogen and oxygen atoms in total. The summed E-state index contributed by atoms with van der Waals surface area (Å²) in [4.78, 5) is 35.1. The number of hydrogen-bond acceptors (Lipinski definition) is 8. The maximum atomic E-state index is 14.7. The van der Waals surface area contributed by atoms with Crippen LogP contribution >= 0.6 is 23.4 Å². The van der Waals surface area contributed by atoms with Gasteiger partial charge in [0, 0.05) is 55.9 Å². The fourth-order valence-electron chi connectivity index (χ4n) is 5.07. The number of imide groups is 1. The molecule has 2 aromatic carbocycles. The van der Waals surface area contributed by atoms with Crippen LogP contribution in [0.25, 0.3) is 6.08 Å². The van der Waals surface area contributed by atoms with E-state index in [1.54, 1.807) is 30.3 Å². The lowest BCUT2D eigenvalue weighted by atomic mass is 9.92. The molecule has 2 saturated heterocycles. The molecule has 216 valence electrons. The van der Waals surface area contributed by atoms with Crippen molar-refractivity contribution in [1.82, 2.24) is 29.5 Å². The van der Waals surface area contributed by atoms with Crippen LogP contribution in [0.15, 0.2) is 60.0 Å². The Morgan fingerprint density at radius 3 is 2.41 bits per heavy atom. The van der Waals surface area contributed by atoms with E-state index >= 15 is 0 Å². The van der Waals surface area contributed by atoms with Crippen LogP contribution in [-0.2, 0) is 16.9 Å². The fraction of sp³-hybridized carbons (Fsp3) is 0.357. The van der Waals surface area contributed by atoms with Gasteiger partial charge >= 0.3 is 0 Å². The van der Waals surface area contributed by atoms with Gasteiger partial charge in [-0.3, -0.25) is 19.4 Å². The summed E-state index contributed by atoms with van der Waals surface area (Å²) in [7, 11) is 0. The summed E-state index contributed by atoms with van der Waals surface area (Å²) in [5, 5.41) is 16.0. The van der Waals surface area contributed by atoms with Crippen molar-refractivity contribution in [2.24, 2.45) is 0 Å². The number of β-amino-alcohol motifs (C(OH)–C–C–N with tert-alkyl or cyclic N) is 1. The molecular weight excluding hydrogens is 574 g/mol. The van der Waals surface area contributed by atoms with Gasteiger partial charge in [0.05, 0.1) is 11.4 Å². The Labute approximate surface area is 245 Å². The maximum absolute atomic E-state index is 14.7. The Hall–Kier alpha value is -3.16. The number of carbonyl (C=O) groups is 2. The van der Waals surface area contributed by atoms with Gasteiger partial charge in [0.2, 0.25) is 0 Å². The van der Waals surface area contributed by atoms with Crippen LogP contribution in [0.2, 0.25) is 5.02 Å². The number of benzene rings is 2. The summed E-state index contributed by atoms with van der Waals surface area (Å²) in [5.41, 5.74) is -0.855. The molecular formula is C28H29ClF2N6O3S. The van der Waals surface area contributed by atoms with Gasteiger partial charge in [0.1, 0.15) is 29.9 Å². The highest BCUT2D eigenvalue weighted by Crippen LogP contribution is 2.33. The van der Waals surface area contributed by atoms with Gasteiger partial charge in [-0.15, -0.1) is 0 Å². The molecule has 0 radical (unpaired) electrons. The summed E-state index contributed by atoms with van der Waals surface area (Å²) >= 11 is 6.86. The van der Waals surface area contributed by atoms with Gasteiger partial charge in [-0.25, -0.2) is 18.4 Å². The van der Waals surface area contributed by atoms with Crippen LogP contribution in [-0.4, -0.2) is 91.5 Å².